The molecule has 0 bridgehead atoms. The van der Waals surface area contributed by atoms with Crippen LogP contribution in [-0.2, 0) is 0 Å². The molecule has 1 aromatic heterocycles. The van der Waals surface area contributed by atoms with Crippen molar-refractivity contribution in [1.82, 2.24) is 9.58 Å². The Morgan fingerprint density at radius 1 is 1.33 bits per heavy atom. The predicted molar refractivity (Wildman–Crippen MR) is 78.4 cm³/mol. The zero-order chi connectivity index (χ0) is 13.2. The summed E-state index contributed by atoms with van der Waals surface area (Å²) >= 11 is 5.99. The molecule has 1 atom stereocenters. The number of quaternary nitrogens is 1. The molecule has 4 heteroatoms. The number of fused-ring (bicyclic) bond motifs is 1. The van der Waals surface area contributed by atoms with Crippen LogP contribution in [0.4, 0.5) is 5.69 Å². The van der Waals surface area contributed by atoms with Gasteiger partial charge in [-0.25, -0.2) is 4.59 Å². The van der Waals surface area contributed by atoms with Crippen LogP contribution in [0.15, 0.2) is 30.5 Å². The van der Waals surface area contributed by atoms with Crippen molar-refractivity contribution >= 4 is 28.2 Å². The first kappa shape index (κ1) is 13.3. The topological polar surface area (TPSA) is 38.9 Å². The molecule has 0 radical (unpaired) electrons. The SMILES string of the molecule is CCCC[N+](C)(N)c1ccnc2cc(Cl)ccc12. The number of pyridine rings is 1. The Kier molecular flexibility index (Phi) is 3.85. The van der Waals surface area contributed by atoms with Gasteiger partial charge in [0.05, 0.1) is 18.0 Å². The lowest BCUT2D eigenvalue weighted by Crippen LogP contribution is -2.52. The van der Waals surface area contributed by atoms with Crippen molar-refractivity contribution in [3.63, 3.8) is 0 Å². The third kappa shape index (κ3) is 2.64. The highest BCUT2D eigenvalue weighted by atomic mass is 35.5. The van der Waals surface area contributed by atoms with E-state index < -0.39 is 0 Å². The minimum absolute atomic E-state index is 0.383. The van der Waals surface area contributed by atoms with Crippen molar-refractivity contribution in [2.45, 2.75) is 19.8 Å². The summed E-state index contributed by atoms with van der Waals surface area (Å²) in [6, 6.07) is 7.75. The van der Waals surface area contributed by atoms with Crippen LogP contribution >= 0.6 is 11.6 Å². The van der Waals surface area contributed by atoms with Crippen molar-refractivity contribution in [2.24, 2.45) is 5.84 Å². The van der Waals surface area contributed by atoms with E-state index in [-0.39, 0.29) is 0 Å². The quantitative estimate of drug-likeness (QED) is 0.522. The van der Waals surface area contributed by atoms with Crippen molar-refractivity contribution in [1.29, 1.82) is 0 Å². The fourth-order valence-electron chi connectivity index (χ4n) is 2.16. The first-order valence-electron chi connectivity index (χ1n) is 6.23. The van der Waals surface area contributed by atoms with Gasteiger partial charge < -0.3 is 0 Å². The number of aromatic nitrogens is 1. The number of hydrogen-bond donors (Lipinski definition) is 1. The molecule has 2 N–H and O–H groups in total. The normalized spacial score (nSPS) is 14.7. The van der Waals surface area contributed by atoms with Crippen molar-refractivity contribution < 1.29 is 0 Å². The zero-order valence-corrected chi connectivity index (χ0v) is 11.6. The van der Waals surface area contributed by atoms with Crippen molar-refractivity contribution in [3.05, 3.63) is 35.5 Å². The highest BCUT2D eigenvalue weighted by molar-refractivity contribution is 6.31. The third-order valence-corrected chi connectivity index (χ3v) is 3.44. The maximum Gasteiger partial charge on any atom is 0.162 e. The summed E-state index contributed by atoms with van der Waals surface area (Å²) in [5, 5.41) is 1.77. The van der Waals surface area contributed by atoms with Gasteiger partial charge >= 0.3 is 0 Å². The second kappa shape index (κ2) is 5.22. The fourth-order valence-corrected chi connectivity index (χ4v) is 2.32. The Morgan fingerprint density at radius 3 is 2.83 bits per heavy atom. The van der Waals surface area contributed by atoms with Crippen LogP contribution in [0.2, 0.25) is 5.02 Å². The number of rotatable bonds is 4. The molecular formula is C14H19ClN3+. The Morgan fingerprint density at radius 2 is 2.11 bits per heavy atom. The predicted octanol–water partition coefficient (Wildman–Crippen LogP) is 3.50. The van der Waals surface area contributed by atoms with Gasteiger partial charge in [-0.2, -0.15) is 5.84 Å². The third-order valence-electron chi connectivity index (χ3n) is 3.21. The van der Waals surface area contributed by atoms with E-state index >= 15 is 0 Å². The van der Waals surface area contributed by atoms with Crippen LogP contribution < -0.4 is 10.4 Å². The molecule has 96 valence electrons. The van der Waals surface area contributed by atoms with Crippen molar-refractivity contribution in [3.8, 4) is 0 Å². The van der Waals surface area contributed by atoms with E-state index in [4.69, 9.17) is 17.4 Å². The van der Waals surface area contributed by atoms with E-state index in [2.05, 4.69) is 11.9 Å². The molecule has 1 heterocycles. The minimum atomic E-state index is 0.383. The van der Waals surface area contributed by atoms with Gasteiger partial charge in [0.25, 0.3) is 0 Å². The molecule has 2 aromatic rings. The second-order valence-electron chi connectivity index (χ2n) is 4.84. The minimum Gasteiger partial charge on any atom is -0.256 e. The van der Waals surface area contributed by atoms with E-state index in [9.17, 15) is 0 Å². The van der Waals surface area contributed by atoms with Gasteiger partial charge in [0.1, 0.15) is 6.54 Å². The monoisotopic (exact) mass is 264 g/mol. The Bertz CT molecular complexity index is 552. The average molecular weight is 265 g/mol. The smallest absolute Gasteiger partial charge is 0.162 e. The highest BCUT2D eigenvalue weighted by Crippen LogP contribution is 2.29. The second-order valence-corrected chi connectivity index (χ2v) is 5.27. The molecule has 0 spiro atoms. The van der Waals surface area contributed by atoms with Crippen LogP contribution in [0.25, 0.3) is 10.9 Å². The molecule has 2 rings (SSSR count). The summed E-state index contributed by atoms with van der Waals surface area (Å²) < 4.78 is 0.383. The molecule has 0 saturated heterocycles. The number of unbranched alkanes of at least 4 members (excludes halogenated alkanes) is 1. The molecular weight excluding hydrogens is 246 g/mol. The van der Waals surface area contributed by atoms with Gasteiger partial charge in [-0.15, -0.1) is 0 Å². The first-order chi connectivity index (χ1) is 8.54. The number of hydrogen-bond acceptors (Lipinski definition) is 2. The van der Waals surface area contributed by atoms with E-state index in [1.54, 1.807) is 6.20 Å². The lowest BCUT2D eigenvalue weighted by molar-refractivity contribution is 0.338. The Balaban J connectivity index is 2.50. The molecule has 0 aliphatic heterocycles. The van der Waals surface area contributed by atoms with Gasteiger partial charge in [0.2, 0.25) is 0 Å². The van der Waals surface area contributed by atoms with Crippen LogP contribution in [0.1, 0.15) is 19.8 Å². The van der Waals surface area contributed by atoms with E-state index in [1.165, 1.54) is 0 Å². The van der Waals surface area contributed by atoms with Gasteiger partial charge in [-0.05, 0) is 24.6 Å². The fraction of sp³-hybridized carbons (Fsp3) is 0.357. The lowest BCUT2D eigenvalue weighted by Gasteiger charge is -2.28. The molecule has 0 saturated carbocycles. The summed E-state index contributed by atoms with van der Waals surface area (Å²) in [6.45, 7) is 3.09. The summed E-state index contributed by atoms with van der Waals surface area (Å²) in [7, 11) is 2.03. The average Bonchev–Trinajstić information content (AvgIpc) is 2.35. The zero-order valence-electron chi connectivity index (χ0n) is 10.9. The molecule has 0 aliphatic rings. The van der Waals surface area contributed by atoms with Crippen molar-refractivity contribution in [2.75, 3.05) is 13.6 Å². The van der Waals surface area contributed by atoms with Crippen LogP contribution in [0.3, 0.4) is 0 Å². The number of nitrogens with two attached hydrogens (primary N) is 1. The largest absolute Gasteiger partial charge is 0.256 e. The number of nitrogens with zero attached hydrogens (tertiary/aromatic N) is 2. The standard InChI is InChI=1S/C14H19ClN3/c1-3-4-9-18(2,16)14-7-8-17-13-10-11(15)5-6-12(13)14/h5-8,10H,3-4,9,16H2,1-2H3/q+1. The van der Waals surface area contributed by atoms with E-state index in [1.807, 2.05) is 31.3 Å². The molecule has 0 amide bonds. The lowest BCUT2D eigenvalue weighted by atomic mass is 10.1. The van der Waals surface area contributed by atoms with Crippen LogP contribution in [-0.4, -0.2) is 18.6 Å². The van der Waals surface area contributed by atoms with E-state index in [0.29, 0.717) is 9.61 Å². The van der Waals surface area contributed by atoms with E-state index in [0.717, 1.165) is 36.0 Å². The summed E-state index contributed by atoms with van der Waals surface area (Å²) in [5.74, 6) is 6.41. The van der Waals surface area contributed by atoms with Crippen LogP contribution in [0, 0.1) is 0 Å². The molecule has 18 heavy (non-hydrogen) atoms. The first-order valence-corrected chi connectivity index (χ1v) is 6.61. The number of halogens is 1. The Labute approximate surface area is 113 Å². The van der Waals surface area contributed by atoms with Gasteiger partial charge in [0, 0.05) is 17.3 Å². The highest BCUT2D eigenvalue weighted by Gasteiger charge is 2.22. The van der Waals surface area contributed by atoms with Crippen LogP contribution in [0.5, 0.6) is 0 Å². The van der Waals surface area contributed by atoms with Gasteiger partial charge in [-0.1, -0.05) is 24.9 Å². The molecule has 0 aliphatic carbocycles. The maximum absolute atomic E-state index is 6.41. The van der Waals surface area contributed by atoms with Gasteiger partial charge in [-0.3, -0.25) is 4.98 Å². The maximum atomic E-state index is 6.41. The number of benzene rings is 1. The molecule has 0 fully saturated rings. The summed E-state index contributed by atoms with van der Waals surface area (Å²) in [4.78, 5) is 4.35. The Hall–Kier alpha value is -1.16. The van der Waals surface area contributed by atoms with Gasteiger partial charge in [0.15, 0.2) is 5.69 Å². The molecule has 1 unspecified atom stereocenters. The molecule has 1 aromatic carbocycles. The molecule has 3 nitrogen and oxygen atoms in total. The summed E-state index contributed by atoms with van der Waals surface area (Å²) in [5.41, 5.74) is 1.98. The summed E-state index contributed by atoms with van der Waals surface area (Å²) in [6.07, 6.45) is 4.04.